The highest BCUT2D eigenvalue weighted by Crippen LogP contribution is 2.54. The van der Waals surface area contributed by atoms with Crippen LogP contribution >= 0.6 is 11.6 Å². The number of rotatable bonds is 8. The normalized spacial score (nSPS) is 12.2. The van der Waals surface area contributed by atoms with Crippen LogP contribution in [0.2, 0.25) is 5.02 Å². The Balaban J connectivity index is 1.12. The maximum atomic E-state index is 10.9. The fraction of sp³-hybridized carbons (Fsp3) is 0.127. The van der Waals surface area contributed by atoms with Crippen molar-refractivity contribution in [2.24, 2.45) is 0 Å². The second kappa shape index (κ2) is 16.9. The minimum atomic E-state index is 0.00545. The second-order valence-corrected chi connectivity index (χ2v) is 20.4. The summed E-state index contributed by atoms with van der Waals surface area (Å²) in [6, 6.07) is 75.4. The van der Waals surface area contributed by atoms with Gasteiger partial charge in [0.1, 0.15) is 0 Å². The molecule has 1 aliphatic rings. The van der Waals surface area contributed by atoms with Crippen LogP contribution in [0.5, 0.6) is 0 Å². The van der Waals surface area contributed by atoms with Gasteiger partial charge in [0, 0.05) is 39.2 Å². The van der Waals surface area contributed by atoms with Gasteiger partial charge in [-0.3, -0.25) is 0 Å². The SMILES string of the molecule is CC(C)(C)c1ccc(N(c2ccc(C(C)(C)C)cc2)c2cccc(N(c3ccc(-c4ccccc4)cc3)c3cc(C#N)cc(N4c5ccccc5-n5c6ccccc6c6cccc4c65)c3Cl)c2)cc1. The van der Waals surface area contributed by atoms with E-state index < -0.39 is 0 Å². The lowest BCUT2D eigenvalue weighted by Crippen LogP contribution is -2.20. The van der Waals surface area contributed by atoms with Crippen LogP contribution in [0.25, 0.3) is 38.6 Å². The smallest absolute Gasteiger partial charge is 0.0993 e. The zero-order chi connectivity index (χ0) is 47.6. The van der Waals surface area contributed by atoms with Crippen LogP contribution in [0.15, 0.2) is 206 Å². The number of nitriles is 1. The summed E-state index contributed by atoms with van der Waals surface area (Å²) in [6.45, 7) is 13.5. The molecular weight excluding hydrogens is 862 g/mol. The van der Waals surface area contributed by atoms with E-state index in [2.05, 4.69) is 255 Å². The minimum Gasteiger partial charge on any atom is -0.310 e. The van der Waals surface area contributed by atoms with Gasteiger partial charge in [0.2, 0.25) is 0 Å². The summed E-state index contributed by atoms with van der Waals surface area (Å²) in [5.74, 6) is 0. The molecule has 0 atom stereocenters. The molecule has 0 spiro atoms. The fourth-order valence-corrected chi connectivity index (χ4v) is 10.2. The molecule has 0 radical (unpaired) electrons. The molecule has 0 saturated heterocycles. The molecule has 10 aromatic rings. The molecule has 1 aromatic heterocycles. The monoisotopic (exact) mass is 913 g/mol. The number of hydrogen-bond acceptors (Lipinski definition) is 4. The minimum absolute atomic E-state index is 0.00545. The number of halogens is 1. The molecule has 9 aromatic carbocycles. The fourth-order valence-electron chi connectivity index (χ4n) is 9.95. The summed E-state index contributed by atoms with van der Waals surface area (Å²) in [5.41, 5.74) is 16.7. The molecule has 0 N–H and O–H groups in total. The highest BCUT2D eigenvalue weighted by atomic mass is 35.5. The summed E-state index contributed by atoms with van der Waals surface area (Å²) < 4.78 is 2.36. The average molecular weight is 915 g/mol. The lowest BCUT2D eigenvalue weighted by atomic mass is 9.86. The molecule has 0 saturated carbocycles. The molecule has 0 aliphatic carbocycles. The molecule has 11 rings (SSSR count). The van der Waals surface area contributed by atoms with E-state index >= 15 is 0 Å². The Kier molecular flexibility index (Phi) is 10.7. The van der Waals surface area contributed by atoms with Crippen molar-refractivity contribution in [1.29, 1.82) is 5.26 Å². The molecule has 2 heterocycles. The van der Waals surface area contributed by atoms with Crippen LogP contribution in [0.4, 0.5) is 51.2 Å². The van der Waals surface area contributed by atoms with Crippen molar-refractivity contribution in [3.05, 3.63) is 228 Å². The van der Waals surface area contributed by atoms with Crippen LogP contribution < -0.4 is 14.7 Å². The summed E-state index contributed by atoms with van der Waals surface area (Å²) in [7, 11) is 0. The number of fused-ring (bicyclic) bond motifs is 5. The third-order valence-corrected chi connectivity index (χ3v) is 13.9. The first-order valence-electron chi connectivity index (χ1n) is 23.6. The molecule has 0 amide bonds. The number of nitrogens with zero attached hydrogens (tertiary/aromatic N) is 5. The highest BCUT2D eigenvalue weighted by Gasteiger charge is 2.32. The van der Waals surface area contributed by atoms with Gasteiger partial charge >= 0.3 is 0 Å². The highest BCUT2D eigenvalue weighted by molar-refractivity contribution is 6.37. The van der Waals surface area contributed by atoms with Crippen molar-refractivity contribution in [2.75, 3.05) is 14.7 Å². The first-order chi connectivity index (χ1) is 33.4. The van der Waals surface area contributed by atoms with E-state index in [-0.39, 0.29) is 10.8 Å². The van der Waals surface area contributed by atoms with Crippen molar-refractivity contribution < 1.29 is 0 Å². The van der Waals surface area contributed by atoms with Crippen LogP contribution in [0, 0.1) is 11.3 Å². The average Bonchev–Trinajstić information content (AvgIpc) is 3.71. The van der Waals surface area contributed by atoms with E-state index in [4.69, 9.17) is 11.6 Å². The molecule has 336 valence electrons. The van der Waals surface area contributed by atoms with Gasteiger partial charge in [-0.1, -0.05) is 168 Å². The molecule has 0 fully saturated rings. The van der Waals surface area contributed by atoms with E-state index in [0.29, 0.717) is 22.0 Å². The van der Waals surface area contributed by atoms with Crippen LogP contribution in [-0.4, -0.2) is 4.57 Å². The maximum Gasteiger partial charge on any atom is 0.0993 e. The third kappa shape index (κ3) is 7.68. The summed E-state index contributed by atoms with van der Waals surface area (Å²) in [5, 5.41) is 13.8. The third-order valence-electron chi connectivity index (χ3n) is 13.5. The number of para-hydroxylation sites is 4. The molecule has 0 bridgehead atoms. The standard InChI is InChI=1S/C63H52ClN5/c1-62(2,3)45-28-34-47(35-29-45)66(48-36-30-46(31-37-48)63(4,5)6)50-18-14-19-51(40-50)67(49-32-26-44(27-33-49)43-16-8-7-9-17-43)58-38-42(41-65)39-59(60(58)64)68-55-23-12-13-24-56(55)69-54-22-11-10-20-52(54)53-21-15-25-57(68)61(53)69/h7-40H,1-6H3. The van der Waals surface area contributed by atoms with Crippen molar-refractivity contribution >= 4 is 84.6 Å². The van der Waals surface area contributed by atoms with Gasteiger partial charge in [-0.2, -0.15) is 5.26 Å². The van der Waals surface area contributed by atoms with E-state index in [9.17, 15) is 5.26 Å². The van der Waals surface area contributed by atoms with Gasteiger partial charge in [-0.25, -0.2) is 0 Å². The molecule has 69 heavy (non-hydrogen) atoms. The Morgan fingerprint density at radius 1 is 0.435 bits per heavy atom. The van der Waals surface area contributed by atoms with Gasteiger partial charge in [0.05, 0.1) is 56.1 Å². The van der Waals surface area contributed by atoms with Crippen LogP contribution in [0.3, 0.4) is 0 Å². The predicted molar refractivity (Wildman–Crippen MR) is 291 cm³/mol. The zero-order valence-corrected chi connectivity index (χ0v) is 40.5. The lowest BCUT2D eigenvalue weighted by molar-refractivity contribution is 0.590. The molecule has 6 heteroatoms. The van der Waals surface area contributed by atoms with E-state index in [0.717, 1.165) is 73.0 Å². The summed E-state index contributed by atoms with van der Waals surface area (Å²) in [6.07, 6.45) is 0. The Morgan fingerprint density at radius 2 is 0.942 bits per heavy atom. The number of aromatic nitrogens is 1. The predicted octanol–water partition coefficient (Wildman–Crippen LogP) is 18.3. The van der Waals surface area contributed by atoms with Crippen molar-refractivity contribution in [1.82, 2.24) is 4.57 Å². The van der Waals surface area contributed by atoms with Crippen molar-refractivity contribution in [3.63, 3.8) is 0 Å². The zero-order valence-electron chi connectivity index (χ0n) is 39.7. The Morgan fingerprint density at radius 3 is 1.58 bits per heavy atom. The molecule has 1 aliphatic heterocycles. The Hall–Kier alpha value is -8.04. The van der Waals surface area contributed by atoms with E-state index in [1.54, 1.807) is 0 Å². The summed E-state index contributed by atoms with van der Waals surface area (Å²) >= 11 is 7.99. The maximum absolute atomic E-state index is 10.9. The Labute approximate surface area is 410 Å². The van der Waals surface area contributed by atoms with E-state index in [1.807, 2.05) is 18.2 Å². The van der Waals surface area contributed by atoms with Crippen LogP contribution in [0.1, 0.15) is 58.2 Å². The van der Waals surface area contributed by atoms with E-state index in [1.165, 1.54) is 16.5 Å². The first-order valence-corrected chi connectivity index (χ1v) is 24.0. The molecule has 5 nitrogen and oxygen atoms in total. The van der Waals surface area contributed by atoms with Gasteiger partial charge in [0.25, 0.3) is 0 Å². The second-order valence-electron chi connectivity index (χ2n) is 20.0. The van der Waals surface area contributed by atoms with Crippen molar-refractivity contribution in [3.8, 4) is 22.9 Å². The molecular formula is C63H52ClN5. The summed E-state index contributed by atoms with van der Waals surface area (Å²) in [4.78, 5) is 6.75. The Bertz CT molecular complexity index is 3530. The lowest BCUT2D eigenvalue weighted by Gasteiger charge is -2.35. The van der Waals surface area contributed by atoms with Gasteiger partial charge in [0.15, 0.2) is 0 Å². The largest absolute Gasteiger partial charge is 0.310 e. The van der Waals surface area contributed by atoms with Gasteiger partial charge < -0.3 is 19.3 Å². The molecule has 0 unspecified atom stereocenters. The quantitative estimate of drug-likeness (QED) is 0.152. The topological polar surface area (TPSA) is 38.4 Å². The van der Waals surface area contributed by atoms with Gasteiger partial charge in [-0.05, 0) is 124 Å². The number of hydrogen-bond donors (Lipinski definition) is 0. The van der Waals surface area contributed by atoms with Crippen LogP contribution in [-0.2, 0) is 10.8 Å². The van der Waals surface area contributed by atoms with Crippen molar-refractivity contribution in [2.45, 2.75) is 52.4 Å². The number of benzene rings is 9. The number of anilines is 9. The van der Waals surface area contributed by atoms with Gasteiger partial charge in [-0.15, -0.1) is 0 Å². The first kappa shape index (κ1) is 43.5.